The van der Waals surface area contributed by atoms with E-state index in [0.29, 0.717) is 0 Å². The fourth-order valence-electron chi connectivity index (χ4n) is 2.05. The molecule has 0 saturated heterocycles. The van der Waals surface area contributed by atoms with Crippen molar-refractivity contribution in [3.63, 3.8) is 0 Å². The highest BCUT2D eigenvalue weighted by atomic mass is 79.9. The van der Waals surface area contributed by atoms with Gasteiger partial charge in [0.2, 0.25) is 0 Å². The zero-order valence-corrected chi connectivity index (χ0v) is 12.2. The monoisotopic (exact) mass is 303 g/mol. The molecule has 0 atom stereocenters. The lowest BCUT2D eigenvalue weighted by atomic mass is 10.1. The normalized spacial score (nSPS) is 10.6. The fraction of sp³-hybridized carbons (Fsp3) is 0.250. The van der Waals surface area contributed by atoms with Gasteiger partial charge >= 0.3 is 0 Å². The molecule has 0 aliphatic carbocycles. The molecule has 0 fully saturated rings. The first-order chi connectivity index (χ1) is 8.81. The molecule has 0 bridgehead atoms. The molecule has 2 aromatic carbocycles. The second kappa shape index (κ2) is 6.72. The molecule has 0 spiro atoms. The minimum atomic E-state index is 0.888. The highest BCUT2D eigenvalue weighted by Crippen LogP contribution is 2.16. The quantitative estimate of drug-likeness (QED) is 0.868. The number of hydrogen-bond donors (Lipinski definition) is 1. The smallest absolute Gasteiger partial charge is 0.0220 e. The largest absolute Gasteiger partial charge is 0.309 e. The van der Waals surface area contributed by atoms with E-state index in [0.717, 1.165) is 19.5 Å². The topological polar surface area (TPSA) is 12.0 Å². The van der Waals surface area contributed by atoms with Crippen molar-refractivity contribution in [1.82, 2.24) is 5.32 Å². The molecule has 1 nitrogen and oxygen atoms in total. The predicted octanol–water partition coefficient (Wildman–Crippen LogP) is 4.30. The van der Waals surface area contributed by atoms with E-state index in [9.17, 15) is 0 Å². The average molecular weight is 304 g/mol. The van der Waals surface area contributed by atoms with Gasteiger partial charge in [0.15, 0.2) is 0 Å². The third-order valence-electron chi connectivity index (χ3n) is 3.09. The molecule has 0 saturated carbocycles. The molecular formula is C16H18BrN. The van der Waals surface area contributed by atoms with Gasteiger partial charge in [0.25, 0.3) is 0 Å². The Balaban J connectivity index is 1.95. The summed E-state index contributed by atoms with van der Waals surface area (Å²) in [7, 11) is 0. The van der Waals surface area contributed by atoms with Crippen molar-refractivity contribution in [2.75, 3.05) is 0 Å². The summed E-state index contributed by atoms with van der Waals surface area (Å²) >= 11 is 3.57. The summed E-state index contributed by atoms with van der Waals surface area (Å²) in [5.41, 5.74) is 4.12. The molecule has 0 aliphatic heterocycles. The maximum Gasteiger partial charge on any atom is 0.0220 e. The Bertz CT molecular complexity index is 508. The van der Waals surface area contributed by atoms with Crippen LogP contribution in [-0.2, 0) is 19.5 Å². The second-order valence-corrected chi connectivity index (χ2v) is 5.17. The predicted molar refractivity (Wildman–Crippen MR) is 80.5 cm³/mol. The molecule has 2 rings (SSSR count). The summed E-state index contributed by atoms with van der Waals surface area (Å²) in [5, 5.41) is 3.50. The first kappa shape index (κ1) is 13.3. The molecule has 94 valence electrons. The molecule has 0 heterocycles. The highest BCUT2D eigenvalue weighted by Gasteiger charge is 2.01. The van der Waals surface area contributed by atoms with Gasteiger partial charge in [-0.15, -0.1) is 0 Å². The summed E-state index contributed by atoms with van der Waals surface area (Å²) in [6.45, 7) is 4.01. The second-order valence-electron chi connectivity index (χ2n) is 4.32. The van der Waals surface area contributed by atoms with Gasteiger partial charge < -0.3 is 5.32 Å². The maximum atomic E-state index is 3.57. The molecule has 2 aromatic rings. The van der Waals surface area contributed by atoms with Gasteiger partial charge in [-0.05, 0) is 29.2 Å². The van der Waals surface area contributed by atoms with Crippen LogP contribution in [0.3, 0.4) is 0 Å². The first-order valence-electron chi connectivity index (χ1n) is 6.32. The zero-order chi connectivity index (χ0) is 12.8. The van der Waals surface area contributed by atoms with Crippen molar-refractivity contribution < 1.29 is 0 Å². The molecule has 2 heteroatoms. The minimum absolute atomic E-state index is 0.888. The highest BCUT2D eigenvalue weighted by molar-refractivity contribution is 9.10. The zero-order valence-electron chi connectivity index (χ0n) is 10.6. The van der Waals surface area contributed by atoms with Gasteiger partial charge in [-0.1, -0.05) is 65.3 Å². The summed E-state index contributed by atoms with van der Waals surface area (Å²) in [6, 6.07) is 17.0. The molecule has 0 unspecified atom stereocenters. The van der Waals surface area contributed by atoms with Gasteiger partial charge in [0, 0.05) is 17.6 Å². The van der Waals surface area contributed by atoms with Crippen LogP contribution in [0.25, 0.3) is 0 Å². The lowest BCUT2D eigenvalue weighted by Crippen LogP contribution is -2.14. The summed E-state index contributed by atoms with van der Waals surface area (Å²) in [5.74, 6) is 0. The van der Waals surface area contributed by atoms with Crippen molar-refractivity contribution in [2.24, 2.45) is 0 Å². The van der Waals surface area contributed by atoms with Gasteiger partial charge in [-0.25, -0.2) is 0 Å². The Labute approximate surface area is 117 Å². The summed E-state index contributed by atoms with van der Waals surface area (Å²) in [4.78, 5) is 0. The standard InChI is InChI=1S/C16H18BrN/c1-2-13-7-3-4-8-14(13)11-18-12-15-9-5-6-10-16(15)17/h3-10,18H,2,11-12H2,1H3. The average Bonchev–Trinajstić information content (AvgIpc) is 2.41. The van der Waals surface area contributed by atoms with Crippen molar-refractivity contribution in [1.29, 1.82) is 0 Å². The first-order valence-corrected chi connectivity index (χ1v) is 7.11. The molecule has 18 heavy (non-hydrogen) atoms. The van der Waals surface area contributed by atoms with Crippen LogP contribution in [0.15, 0.2) is 53.0 Å². The minimum Gasteiger partial charge on any atom is -0.309 e. The SMILES string of the molecule is CCc1ccccc1CNCc1ccccc1Br. The lowest BCUT2D eigenvalue weighted by Gasteiger charge is -2.10. The Hall–Kier alpha value is -1.12. The van der Waals surface area contributed by atoms with E-state index in [2.05, 4.69) is 70.6 Å². The Kier molecular flexibility index (Phi) is 4.97. The van der Waals surface area contributed by atoms with E-state index in [1.54, 1.807) is 0 Å². The van der Waals surface area contributed by atoms with Crippen molar-refractivity contribution in [2.45, 2.75) is 26.4 Å². The molecule has 1 N–H and O–H groups in total. The van der Waals surface area contributed by atoms with Crippen LogP contribution in [0.5, 0.6) is 0 Å². The van der Waals surface area contributed by atoms with Crippen molar-refractivity contribution in [3.8, 4) is 0 Å². The molecule has 0 aromatic heterocycles. The van der Waals surface area contributed by atoms with Crippen LogP contribution < -0.4 is 5.32 Å². The Morgan fingerprint density at radius 3 is 2.06 bits per heavy atom. The third-order valence-corrected chi connectivity index (χ3v) is 3.86. The van der Waals surface area contributed by atoms with E-state index >= 15 is 0 Å². The van der Waals surface area contributed by atoms with E-state index < -0.39 is 0 Å². The summed E-state index contributed by atoms with van der Waals surface area (Å²) in [6.07, 6.45) is 1.09. The van der Waals surface area contributed by atoms with Crippen molar-refractivity contribution in [3.05, 3.63) is 69.7 Å². The number of hydrogen-bond acceptors (Lipinski definition) is 1. The summed E-state index contributed by atoms with van der Waals surface area (Å²) < 4.78 is 1.17. The Morgan fingerprint density at radius 1 is 0.833 bits per heavy atom. The fourth-order valence-corrected chi connectivity index (χ4v) is 2.47. The van der Waals surface area contributed by atoms with Crippen molar-refractivity contribution >= 4 is 15.9 Å². The van der Waals surface area contributed by atoms with Gasteiger partial charge in [0.1, 0.15) is 0 Å². The van der Waals surface area contributed by atoms with Gasteiger partial charge in [-0.3, -0.25) is 0 Å². The maximum absolute atomic E-state index is 3.57. The molecular weight excluding hydrogens is 286 g/mol. The van der Waals surface area contributed by atoms with Crippen LogP contribution in [0, 0.1) is 0 Å². The number of halogens is 1. The lowest BCUT2D eigenvalue weighted by molar-refractivity contribution is 0.686. The molecule has 0 aliphatic rings. The van der Waals surface area contributed by atoms with Gasteiger partial charge in [-0.2, -0.15) is 0 Å². The van der Waals surface area contributed by atoms with Crippen LogP contribution in [-0.4, -0.2) is 0 Å². The number of aryl methyl sites for hydroxylation is 1. The molecule has 0 amide bonds. The number of benzene rings is 2. The van der Waals surface area contributed by atoms with Gasteiger partial charge in [0.05, 0.1) is 0 Å². The number of nitrogens with one attached hydrogen (secondary N) is 1. The Morgan fingerprint density at radius 2 is 1.39 bits per heavy atom. The van der Waals surface area contributed by atoms with Crippen LogP contribution in [0.2, 0.25) is 0 Å². The number of rotatable bonds is 5. The van der Waals surface area contributed by atoms with Crippen LogP contribution in [0.1, 0.15) is 23.6 Å². The molecule has 0 radical (unpaired) electrons. The third kappa shape index (κ3) is 3.44. The van der Waals surface area contributed by atoms with Crippen LogP contribution >= 0.6 is 15.9 Å². The van der Waals surface area contributed by atoms with Crippen LogP contribution in [0.4, 0.5) is 0 Å². The van der Waals surface area contributed by atoms with E-state index in [1.165, 1.54) is 21.2 Å². The van der Waals surface area contributed by atoms with E-state index in [-0.39, 0.29) is 0 Å². The van der Waals surface area contributed by atoms with E-state index in [1.807, 2.05) is 6.07 Å². The van der Waals surface area contributed by atoms with E-state index in [4.69, 9.17) is 0 Å².